The number of thioether (sulfide) groups is 1. The van der Waals surface area contributed by atoms with Crippen LogP contribution in [0.5, 0.6) is 11.5 Å². The first kappa shape index (κ1) is 17.5. The van der Waals surface area contributed by atoms with Crippen molar-refractivity contribution in [1.29, 1.82) is 0 Å². The molecule has 0 radical (unpaired) electrons. The summed E-state index contributed by atoms with van der Waals surface area (Å²) in [6.07, 6.45) is 1.79. The van der Waals surface area contributed by atoms with Crippen LogP contribution in [-0.2, 0) is 4.79 Å². The average molecular weight is 375 g/mol. The van der Waals surface area contributed by atoms with E-state index in [4.69, 9.17) is 9.47 Å². The van der Waals surface area contributed by atoms with Gasteiger partial charge in [-0.05, 0) is 30.8 Å². The topological polar surface area (TPSA) is 64.0 Å². The zero-order chi connectivity index (χ0) is 18.0. The lowest BCUT2D eigenvalue weighted by Gasteiger charge is -2.10. The van der Waals surface area contributed by atoms with Gasteiger partial charge < -0.3 is 9.47 Å². The van der Waals surface area contributed by atoms with E-state index in [1.165, 1.54) is 28.0 Å². The van der Waals surface area contributed by atoms with Crippen molar-refractivity contribution >= 4 is 45.4 Å². The van der Waals surface area contributed by atoms with Crippen LogP contribution in [0.1, 0.15) is 11.3 Å². The van der Waals surface area contributed by atoms with E-state index < -0.39 is 0 Å². The zero-order valence-corrected chi connectivity index (χ0v) is 15.9. The number of amides is 1. The van der Waals surface area contributed by atoms with E-state index >= 15 is 0 Å². The predicted molar refractivity (Wildman–Crippen MR) is 102 cm³/mol. The van der Waals surface area contributed by atoms with Gasteiger partial charge in [-0.2, -0.15) is 4.99 Å². The largest absolute Gasteiger partial charge is 0.493 e. The number of rotatable bonds is 4. The standard InChI is InChI=1S/C17H17N3O3S2/c1-10-9-24-16(18-10)19-17-20(2)15(21)13(25-17)8-11-6-5-7-12(22-3)14(11)23-4/h5-9H,1-4H3/b13-8-,19-17+. The second-order valence-corrected chi connectivity index (χ2v) is 7.07. The molecule has 2 aromatic rings. The molecule has 3 rings (SSSR count). The second-order valence-electron chi connectivity index (χ2n) is 5.22. The highest BCUT2D eigenvalue weighted by molar-refractivity contribution is 8.18. The van der Waals surface area contributed by atoms with Crippen molar-refractivity contribution in [3.63, 3.8) is 0 Å². The van der Waals surface area contributed by atoms with Crippen molar-refractivity contribution in [3.8, 4) is 11.5 Å². The average Bonchev–Trinajstić information content (AvgIpc) is 3.13. The number of nitrogens with zero attached hydrogens (tertiary/aromatic N) is 3. The minimum absolute atomic E-state index is 0.109. The van der Waals surface area contributed by atoms with E-state index in [1.807, 2.05) is 30.5 Å². The number of ether oxygens (including phenoxy) is 2. The fourth-order valence-corrected chi connectivity index (χ4v) is 3.97. The highest BCUT2D eigenvalue weighted by atomic mass is 32.2. The quantitative estimate of drug-likeness (QED) is 0.763. The van der Waals surface area contributed by atoms with Crippen LogP contribution in [0.2, 0.25) is 0 Å². The van der Waals surface area contributed by atoms with Crippen molar-refractivity contribution in [3.05, 3.63) is 39.7 Å². The molecule has 0 spiro atoms. The molecule has 1 amide bonds. The minimum atomic E-state index is -0.109. The molecule has 0 bridgehead atoms. The number of aromatic nitrogens is 1. The first-order valence-corrected chi connectivity index (χ1v) is 9.12. The lowest BCUT2D eigenvalue weighted by Crippen LogP contribution is -2.23. The normalized spacial score (nSPS) is 17.6. The number of hydrogen-bond acceptors (Lipinski definition) is 7. The number of aryl methyl sites for hydroxylation is 1. The summed E-state index contributed by atoms with van der Waals surface area (Å²) in [5.41, 5.74) is 1.69. The maximum absolute atomic E-state index is 12.5. The van der Waals surface area contributed by atoms with Crippen LogP contribution < -0.4 is 9.47 Å². The van der Waals surface area contributed by atoms with E-state index in [1.54, 1.807) is 27.3 Å². The summed E-state index contributed by atoms with van der Waals surface area (Å²) in [6, 6.07) is 5.55. The van der Waals surface area contributed by atoms with Gasteiger partial charge in [0.1, 0.15) is 0 Å². The molecule has 130 valence electrons. The molecule has 0 atom stereocenters. The van der Waals surface area contributed by atoms with Gasteiger partial charge in [0.05, 0.1) is 24.8 Å². The maximum Gasteiger partial charge on any atom is 0.266 e. The number of thiazole rings is 1. The molecular weight excluding hydrogens is 358 g/mol. The third kappa shape index (κ3) is 3.54. The molecular formula is C17H17N3O3S2. The second kappa shape index (κ2) is 7.28. The van der Waals surface area contributed by atoms with E-state index in [2.05, 4.69) is 9.98 Å². The lowest BCUT2D eigenvalue weighted by atomic mass is 10.1. The van der Waals surface area contributed by atoms with Crippen LogP contribution in [0.25, 0.3) is 6.08 Å². The van der Waals surface area contributed by atoms with Gasteiger partial charge in [-0.1, -0.05) is 12.1 Å². The SMILES string of the molecule is COc1cccc(/C=C2\S/C(=N/c3nc(C)cs3)N(C)C2=O)c1OC. The Morgan fingerprint density at radius 2 is 2.08 bits per heavy atom. The van der Waals surface area contributed by atoms with Crippen molar-refractivity contribution in [2.24, 2.45) is 4.99 Å². The van der Waals surface area contributed by atoms with Crippen LogP contribution in [-0.4, -0.2) is 42.2 Å². The first-order valence-electron chi connectivity index (χ1n) is 7.43. The summed E-state index contributed by atoms with van der Waals surface area (Å²) in [6.45, 7) is 1.91. The first-order chi connectivity index (χ1) is 12.0. The van der Waals surface area contributed by atoms with E-state index in [-0.39, 0.29) is 5.91 Å². The number of carbonyl (C=O) groups is 1. The Kier molecular flexibility index (Phi) is 5.10. The summed E-state index contributed by atoms with van der Waals surface area (Å²) in [7, 11) is 4.87. The van der Waals surface area contributed by atoms with Gasteiger partial charge in [-0.25, -0.2) is 4.98 Å². The fourth-order valence-electron chi connectivity index (χ4n) is 2.29. The Hall–Kier alpha value is -2.32. The van der Waals surface area contributed by atoms with Gasteiger partial charge in [0.25, 0.3) is 5.91 Å². The van der Waals surface area contributed by atoms with Crippen LogP contribution in [0.4, 0.5) is 5.13 Å². The molecule has 0 N–H and O–H groups in total. The number of amidine groups is 1. The molecule has 1 aliphatic rings. The molecule has 8 heteroatoms. The van der Waals surface area contributed by atoms with Gasteiger partial charge in [0.2, 0.25) is 5.13 Å². The maximum atomic E-state index is 12.5. The smallest absolute Gasteiger partial charge is 0.266 e. The van der Waals surface area contributed by atoms with Crippen molar-refractivity contribution < 1.29 is 14.3 Å². The molecule has 0 unspecified atom stereocenters. The summed E-state index contributed by atoms with van der Waals surface area (Å²) >= 11 is 2.77. The van der Waals surface area contributed by atoms with Gasteiger partial charge in [-0.15, -0.1) is 11.3 Å². The molecule has 6 nitrogen and oxygen atoms in total. The summed E-state index contributed by atoms with van der Waals surface area (Å²) < 4.78 is 10.7. The molecule has 1 aromatic carbocycles. The van der Waals surface area contributed by atoms with E-state index in [0.717, 1.165) is 11.3 Å². The number of methoxy groups -OCH3 is 2. The minimum Gasteiger partial charge on any atom is -0.493 e. The Morgan fingerprint density at radius 3 is 2.72 bits per heavy atom. The van der Waals surface area contributed by atoms with Gasteiger partial charge >= 0.3 is 0 Å². The number of para-hydroxylation sites is 1. The lowest BCUT2D eigenvalue weighted by molar-refractivity contribution is -0.121. The molecule has 0 saturated carbocycles. The monoisotopic (exact) mass is 375 g/mol. The third-order valence-electron chi connectivity index (χ3n) is 3.52. The molecule has 0 aliphatic carbocycles. The fraction of sp³-hybridized carbons (Fsp3) is 0.235. The van der Waals surface area contributed by atoms with Gasteiger partial charge in [0.15, 0.2) is 16.7 Å². The highest BCUT2D eigenvalue weighted by Gasteiger charge is 2.31. The number of aliphatic imine (C=N–C) groups is 1. The predicted octanol–water partition coefficient (Wildman–Crippen LogP) is 3.70. The van der Waals surface area contributed by atoms with Crippen LogP contribution >= 0.6 is 23.1 Å². The summed E-state index contributed by atoms with van der Waals surface area (Å²) in [5, 5.41) is 3.17. The van der Waals surface area contributed by atoms with Gasteiger partial charge in [-0.3, -0.25) is 9.69 Å². The number of carbonyl (C=O) groups excluding carboxylic acids is 1. The molecule has 25 heavy (non-hydrogen) atoms. The van der Waals surface area contributed by atoms with Crippen LogP contribution in [0, 0.1) is 6.92 Å². The van der Waals surface area contributed by atoms with Crippen molar-refractivity contribution in [2.45, 2.75) is 6.92 Å². The van der Waals surface area contributed by atoms with E-state index in [0.29, 0.717) is 26.7 Å². The van der Waals surface area contributed by atoms with Gasteiger partial charge in [0, 0.05) is 18.0 Å². The highest BCUT2D eigenvalue weighted by Crippen LogP contribution is 2.37. The molecule has 1 aromatic heterocycles. The molecule has 1 saturated heterocycles. The Labute approximate surface area is 154 Å². The molecule has 1 fully saturated rings. The van der Waals surface area contributed by atoms with Crippen molar-refractivity contribution in [2.75, 3.05) is 21.3 Å². The summed E-state index contributed by atoms with van der Waals surface area (Å²) in [4.78, 5) is 23.4. The van der Waals surface area contributed by atoms with Crippen LogP contribution in [0.15, 0.2) is 33.5 Å². The number of hydrogen-bond donors (Lipinski definition) is 0. The third-order valence-corrected chi connectivity index (χ3v) is 5.43. The van der Waals surface area contributed by atoms with Crippen LogP contribution in [0.3, 0.4) is 0 Å². The molecule has 1 aliphatic heterocycles. The van der Waals surface area contributed by atoms with E-state index in [9.17, 15) is 4.79 Å². The number of likely N-dealkylation sites (N-methyl/N-ethyl adjacent to an activating group) is 1. The Balaban J connectivity index is 1.95. The Bertz CT molecular complexity index is 874. The zero-order valence-electron chi connectivity index (χ0n) is 14.3. The molecule has 2 heterocycles. The summed E-state index contributed by atoms with van der Waals surface area (Å²) in [5.74, 6) is 1.10. The number of benzene rings is 1. The Morgan fingerprint density at radius 1 is 1.28 bits per heavy atom. The van der Waals surface area contributed by atoms with Crippen molar-refractivity contribution in [1.82, 2.24) is 9.88 Å².